The van der Waals surface area contributed by atoms with Gasteiger partial charge in [-0.1, -0.05) is 55.3 Å². The second-order valence-corrected chi connectivity index (χ2v) is 5.25. The fourth-order valence-corrected chi connectivity index (χ4v) is 3.01. The van der Waals surface area contributed by atoms with Crippen molar-refractivity contribution in [3.05, 3.63) is 48.0 Å². The van der Waals surface area contributed by atoms with E-state index < -0.39 is 5.60 Å². The van der Waals surface area contributed by atoms with E-state index in [-0.39, 0.29) is 0 Å². The highest BCUT2D eigenvalue weighted by Crippen LogP contribution is 2.34. The maximum atomic E-state index is 10.5. The summed E-state index contributed by atoms with van der Waals surface area (Å²) >= 11 is 0. The summed E-state index contributed by atoms with van der Waals surface area (Å²) in [5, 5.41) is 13.1. The molecule has 0 aromatic heterocycles. The minimum atomic E-state index is -0.454. The second kappa shape index (κ2) is 4.15. The van der Waals surface area contributed by atoms with Crippen LogP contribution in [0.15, 0.2) is 42.5 Å². The summed E-state index contributed by atoms with van der Waals surface area (Å²) < 4.78 is 0. The summed E-state index contributed by atoms with van der Waals surface area (Å²) in [4.78, 5) is 0. The number of hydrogen-bond donors (Lipinski definition) is 1. The van der Waals surface area contributed by atoms with Crippen LogP contribution in [0.3, 0.4) is 0 Å². The summed E-state index contributed by atoms with van der Waals surface area (Å²) in [5.74, 6) is 0. The summed E-state index contributed by atoms with van der Waals surface area (Å²) in [6, 6.07) is 14.8. The predicted octanol–water partition coefficient (Wildman–Crippen LogP) is 3.69. The molecule has 1 fully saturated rings. The lowest BCUT2D eigenvalue weighted by Crippen LogP contribution is -2.27. The molecule has 2 aromatic carbocycles. The fourth-order valence-electron chi connectivity index (χ4n) is 3.01. The van der Waals surface area contributed by atoms with Crippen LogP contribution < -0.4 is 0 Å². The van der Waals surface area contributed by atoms with E-state index >= 15 is 0 Å². The Kier molecular flexibility index (Phi) is 2.64. The molecule has 0 saturated heterocycles. The van der Waals surface area contributed by atoms with Crippen LogP contribution in [-0.4, -0.2) is 10.7 Å². The Bertz CT molecular complexity index is 519. The fraction of sp³-hybridized carbons (Fsp3) is 0.375. The van der Waals surface area contributed by atoms with Crippen molar-refractivity contribution in [2.75, 3.05) is 0 Å². The Morgan fingerprint density at radius 3 is 2.47 bits per heavy atom. The Balaban J connectivity index is 2.00. The molecule has 1 nitrogen and oxygen atoms in total. The molecular weight excluding hydrogens is 208 g/mol. The van der Waals surface area contributed by atoms with Crippen LogP contribution in [0.4, 0.5) is 0 Å². The molecule has 0 heterocycles. The molecule has 1 aliphatic rings. The Hall–Kier alpha value is -1.34. The normalized spacial score (nSPS) is 18.6. The van der Waals surface area contributed by atoms with Crippen LogP contribution in [0.2, 0.25) is 0 Å². The van der Waals surface area contributed by atoms with Crippen molar-refractivity contribution in [2.24, 2.45) is 0 Å². The molecule has 1 heteroatoms. The Labute approximate surface area is 102 Å². The molecular formula is C16H18O. The maximum absolute atomic E-state index is 10.5. The largest absolute Gasteiger partial charge is 0.390 e. The lowest BCUT2D eigenvalue weighted by molar-refractivity contribution is 0.0485. The first-order chi connectivity index (χ1) is 8.27. The van der Waals surface area contributed by atoms with Gasteiger partial charge in [0.15, 0.2) is 0 Å². The standard InChI is InChI=1S/C16H18O/c17-16(10-3-4-11-16)12-14-8-5-7-13-6-1-2-9-15(13)14/h1-2,5-9,17H,3-4,10-12H2. The number of aliphatic hydroxyl groups is 1. The number of rotatable bonds is 2. The topological polar surface area (TPSA) is 20.2 Å². The van der Waals surface area contributed by atoms with Gasteiger partial charge in [0.25, 0.3) is 0 Å². The molecule has 3 rings (SSSR count). The van der Waals surface area contributed by atoms with E-state index in [1.807, 2.05) is 0 Å². The van der Waals surface area contributed by atoms with Crippen molar-refractivity contribution in [1.82, 2.24) is 0 Å². The van der Waals surface area contributed by atoms with Crippen LogP contribution in [0.1, 0.15) is 31.2 Å². The third-order valence-corrected chi connectivity index (χ3v) is 3.93. The van der Waals surface area contributed by atoms with Crippen LogP contribution in [0.25, 0.3) is 10.8 Å². The number of benzene rings is 2. The van der Waals surface area contributed by atoms with Gasteiger partial charge in [0.2, 0.25) is 0 Å². The molecule has 0 bridgehead atoms. The van der Waals surface area contributed by atoms with Gasteiger partial charge in [-0.05, 0) is 29.2 Å². The van der Waals surface area contributed by atoms with E-state index in [1.165, 1.54) is 29.2 Å². The van der Waals surface area contributed by atoms with Crippen LogP contribution in [0.5, 0.6) is 0 Å². The molecule has 1 aliphatic carbocycles. The quantitative estimate of drug-likeness (QED) is 0.828. The van der Waals surface area contributed by atoms with Gasteiger partial charge < -0.3 is 5.11 Å². The van der Waals surface area contributed by atoms with Gasteiger partial charge in [-0.15, -0.1) is 0 Å². The van der Waals surface area contributed by atoms with Crippen molar-refractivity contribution < 1.29 is 5.11 Å². The highest BCUT2D eigenvalue weighted by molar-refractivity contribution is 5.85. The molecule has 0 atom stereocenters. The molecule has 17 heavy (non-hydrogen) atoms. The molecule has 2 aromatic rings. The summed E-state index contributed by atoms with van der Waals surface area (Å²) in [5.41, 5.74) is 0.830. The Morgan fingerprint density at radius 2 is 1.65 bits per heavy atom. The zero-order valence-corrected chi connectivity index (χ0v) is 10.0. The predicted molar refractivity (Wildman–Crippen MR) is 71.1 cm³/mol. The van der Waals surface area contributed by atoms with E-state index in [2.05, 4.69) is 42.5 Å². The van der Waals surface area contributed by atoms with Gasteiger partial charge in [-0.3, -0.25) is 0 Å². The van der Waals surface area contributed by atoms with Crippen LogP contribution >= 0.6 is 0 Å². The van der Waals surface area contributed by atoms with Gasteiger partial charge in [-0.2, -0.15) is 0 Å². The number of hydrogen-bond acceptors (Lipinski definition) is 1. The highest BCUT2D eigenvalue weighted by atomic mass is 16.3. The minimum Gasteiger partial charge on any atom is -0.390 e. The lowest BCUT2D eigenvalue weighted by Gasteiger charge is -2.22. The average Bonchev–Trinajstić information content (AvgIpc) is 2.76. The molecule has 1 saturated carbocycles. The first-order valence-corrected chi connectivity index (χ1v) is 6.46. The van der Waals surface area contributed by atoms with Gasteiger partial charge in [-0.25, -0.2) is 0 Å². The molecule has 0 amide bonds. The molecule has 1 N–H and O–H groups in total. The first kappa shape index (κ1) is 10.8. The molecule has 0 unspecified atom stereocenters. The molecule has 0 radical (unpaired) electrons. The lowest BCUT2D eigenvalue weighted by atomic mass is 9.90. The van der Waals surface area contributed by atoms with Gasteiger partial charge in [0, 0.05) is 6.42 Å². The van der Waals surface area contributed by atoms with E-state index in [9.17, 15) is 5.11 Å². The first-order valence-electron chi connectivity index (χ1n) is 6.46. The van der Waals surface area contributed by atoms with Crippen molar-refractivity contribution >= 4 is 10.8 Å². The zero-order valence-electron chi connectivity index (χ0n) is 10.0. The van der Waals surface area contributed by atoms with Crippen LogP contribution in [-0.2, 0) is 6.42 Å². The maximum Gasteiger partial charge on any atom is 0.0688 e. The SMILES string of the molecule is OC1(Cc2cccc3ccccc23)CCCC1. The van der Waals surface area contributed by atoms with Gasteiger partial charge in [0.05, 0.1) is 5.60 Å². The average molecular weight is 226 g/mol. The van der Waals surface area contributed by atoms with Crippen molar-refractivity contribution in [3.8, 4) is 0 Å². The van der Waals surface area contributed by atoms with Crippen molar-refractivity contribution in [2.45, 2.75) is 37.7 Å². The third-order valence-electron chi connectivity index (χ3n) is 3.93. The molecule has 0 spiro atoms. The third kappa shape index (κ3) is 2.07. The van der Waals surface area contributed by atoms with E-state index in [0.717, 1.165) is 19.3 Å². The second-order valence-electron chi connectivity index (χ2n) is 5.25. The molecule has 0 aliphatic heterocycles. The van der Waals surface area contributed by atoms with E-state index in [1.54, 1.807) is 0 Å². The summed E-state index contributed by atoms with van der Waals surface area (Å²) in [7, 11) is 0. The monoisotopic (exact) mass is 226 g/mol. The number of fused-ring (bicyclic) bond motifs is 1. The summed E-state index contributed by atoms with van der Waals surface area (Å²) in [6.45, 7) is 0. The summed E-state index contributed by atoms with van der Waals surface area (Å²) in [6.07, 6.45) is 5.04. The molecule has 88 valence electrons. The minimum absolute atomic E-state index is 0.454. The van der Waals surface area contributed by atoms with E-state index in [0.29, 0.717) is 0 Å². The van der Waals surface area contributed by atoms with Gasteiger partial charge >= 0.3 is 0 Å². The Morgan fingerprint density at radius 1 is 0.941 bits per heavy atom. The zero-order chi connectivity index (χ0) is 11.7. The highest BCUT2D eigenvalue weighted by Gasteiger charge is 2.31. The smallest absolute Gasteiger partial charge is 0.0688 e. The van der Waals surface area contributed by atoms with Crippen molar-refractivity contribution in [3.63, 3.8) is 0 Å². The van der Waals surface area contributed by atoms with Gasteiger partial charge in [0.1, 0.15) is 0 Å². The van der Waals surface area contributed by atoms with E-state index in [4.69, 9.17) is 0 Å². The van der Waals surface area contributed by atoms with Crippen LogP contribution in [0, 0.1) is 0 Å². The van der Waals surface area contributed by atoms with Crippen molar-refractivity contribution in [1.29, 1.82) is 0 Å².